The van der Waals surface area contributed by atoms with Gasteiger partial charge in [0.05, 0.1) is 51.0 Å². The molecule has 0 saturated heterocycles. The van der Waals surface area contributed by atoms with E-state index in [4.69, 9.17) is 29.3 Å². The molecule has 0 bridgehead atoms. The zero-order valence-corrected chi connectivity index (χ0v) is 25.4. The molecule has 0 fully saturated rings. The van der Waals surface area contributed by atoms with Crippen LogP contribution in [0.5, 0.6) is 5.75 Å². The number of hydrogen-bond acceptors (Lipinski definition) is 2. The minimum atomic E-state index is -6.88. The van der Waals surface area contributed by atoms with Gasteiger partial charge < -0.3 is 9.68 Å². The molecule has 0 aromatic heterocycles. The minimum absolute atomic E-state index is 0.270. The van der Waals surface area contributed by atoms with Gasteiger partial charge in [-0.3, -0.25) is 0 Å². The summed E-state index contributed by atoms with van der Waals surface area (Å²) in [6, 6.07) is -46.2. The molecule has 0 unspecified atom stereocenters. The summed E-state index contributed by atoms with van der Waals surface area (Å²) in [5.41, 5.74) is 0. The lowest BCUT2D eigenvalue weighted by Gasteiger charge is -2.38. The van der Waals surface area contributed by atoms with Crippen LogP contribution in [-0.2, 0) is 0 Å². The van der Waals surface area contributed by atoms with E-state index in [-0.39, 0.29) is 7.69 Å². The van der Waals surface area contributed by atoms with E-state index in [0.29, 0.717) is 0 Å². The summed E-state index contributed by atoms with van der Waals surface area (Å²) in [5, 5.41) is -0.856. The molecule has 0 heterocycles. The van der Waals surface area contributed by atoms with Gasteiger partial charge in [-0.25, -0.2) is 0 Å². The number of benzene rings is 7. The molecule has 0 atom stereocenters. The molecular weight excluding hydrogens is 603 g/mol. The summed E-state index contributed by atoms with van der Waals surface area (Å²) >= 11 is 0. The molecule has 7 aromatic carbocycles. The van der Waals surface area contributed by atoms with Crippen molar-refractivity contribution in [3.8, 4) is 5.75 Å². The number of hydrogen-bond donors (Lipinski definition) is 1. The Kier molecular flexibility index (Phi) is 3.10. The smallest absolute Gasteiger partial charge is 0.537 e. The molecule has 1 N–H and O–H groups in total. The predicted octanol–water partition coefficient (Wildman–Crippen LogP) is 3.35. The topological polar surface area (TPSA) is 29.5 Å². The second-order valence-corrected chi connectivity index (χ2v) is 16.2. The molecular formula is C42H34BO2Si2. The standard InChI is InChI=1S/C42H34BO2Si2/c44-43-45-34-31-41(46(35-19-7-1-8-20-35,36-21-9-2-10-22-36)37-23-11-3-12-24-37)33-42(32-34)47(38-25-13-4-14-26-38,39-27-15-5-16-28-39)40-29-17-6-18-30-40/h1-33,44H/i1D,2D,3D,4D,5D,6D,7D,8D,9D,10D,11D,12D,13D,14D,15D,16D,17D,18D,19D,20D,21D,22D,23D,24D,25D,26D,27D,28D,29D,30D,31D,32D,33D. The maximum Gasteiger partial charge on any atom is 0.569 e. The summed E-state index contributed by atoms with van der Waals surface area (Å²) in [4.78, 5) is 0. The first-order valence-electron chi connectivity index (χ1n) is 29.7. The molecule has 0 aliphatic heterocycles. The fraction of sp³-hybridized carbons (Fsp3) is 0. The van der Waals surface area contributed by atoms with Crippen LogP contribution >= 0.6 is 0 Å². The Labute approximate surface area is 326 Å². The molecule has 225 valence electrons. The molecule has 1 radical (unpaired) electrons. The molecule has 2 nitrogen and oxygen atoms in total. The average Bonchev–Trinajstić information content (AvgIpc) is 2.97. The van der Waals surface area contributed by atoms with Crippen molar-refractivity contribution < 1.29 is 54.9 Å². The highest BCUT2D eigenvalue weighted by molar-refractivity contribution is 7.22. The molecule has 0 aliphatic carbocycles. The minimum Gasteiger partial charge on any atom is -0.537 e. The van der Waals surface area contributed by atoms with Gasteiger partial charge in [-0.15, -0.1) is 0 Å². The fourth-order valence-corrected chi connectivity index (χ4v) is 12.4. The first-order chi connectivity index (χ1) is 37.0. The normalized spacial score (nSPS) is 21.3. The second-order valence-electron chi connectivity index (χ2n) is 9.18. The molecule has 0 aliphatic rings. The van der Waals surface area contributed by atoms with E-state index < -0.39 is 263 Å². The average molecular weight is 671 g/mol. The van der Waals surface area contributed by atoms with Gasteiger partial charge >= 0.3 is 7.69 Å². The lowest BCUT2D eigenvalue weighted by molar-refractivity contribution is 0.454. The first-order valence-corrected chi connectivity index (χ1v) is 17.2. The van der Waals surface area contributed by atoms with Crippen molar-refractivity contribution in [2.24, 2.45) is 0 Å². The van der Waals surface area contributed by atoms with Gasteiger partial charge in [-0.1, -0.05) is 187 Å². The van der Waals surface area contributed by atoms with Crippen molar-refractivity contribution in [1.82, 2.24) is 0 Å². The second kappa shape index (κ2) is 13.7. The van der Waals surface area contributed by atoms with Gasteiger partial charge in [-0.05, 0) is 53.6 Å². The lowest BCUT2D eigenvalue weighted by atomic mass is 10.3. The summed E-state index contributed by atoms with van der Waals surface area (Å²) in [6.07, 6.45) is 0. The highest BCUT2D eigenvalue weighted by Crippen LogP contribution is 2.17. The van der Waals surface area contributed by atoms with Crippen LogP contribution in [0.25, 0.3) is 0 Å². The third-order valence-electron chi connectivity index (χ3n) is 6.90. The van der Waals surface area contributed by atoms with Crippen molar-refractivity contribution >= 4 is 65.3 Å². The van der Waals surface area contributed by atoms with E-state index in [1.807, 2.05) is 0 Å². The van der Waals surface area contributed by atoms with Crippen LogP contribution in [0, 0.1) is 0 Å². The van der Waals surface area contributed by atoms with E-state index in [1.165, 1.54) is 0 Å². The van der Waals surface area contributed by atoms with Gasteiger partial charge in [0.2, 0.25) is 0 Å². The Morgan fingerprint density at radius 2 is 0.596 bits per heavy atom. The van der Waals surface area contributed by atoms with Crippen LogP contribution in [-0.4, -0.2) is 28.9 Å². The zero-order chi connectivity index (χ0) is 60.7. The van der Waals surface area contributed by atoms with E-state index in [9.17, 15) is 25.6 Å². The maximum atomic E-state index is 10.8. The molecule has 0 amide bonds. The Hall–Kier alpha value is -5.20. The first kappa shape index (κ1) is 10.7. The van der Waals surface area contributed by atoms with E-state index >= 15 is 0 Å². The largest absolute Gasteiger partial charge is 0.569 e. The van der Waals surface area contributed by atoms with Crippen molar-refractivity contribution in [2.45, 2.75) is 0 Å². The Balaban J connectivity index is 2.16. The molecule has 5 heteroatoms. The van der Waals surface area contributed by atoms with Gasteiger partial charge in [0.1, 0.15) is 0 Å². The molecule has 7 rings (SSSR count). The summed E-state index contributed by atoms with van der Waals surface area (Å²) < 4.78 is 311. The van der Waals surface area contributed by atoms with Gasteiger partial charge in [0, 0.05) is 0 Å². The maximum absolute atomic E-state index is 10.8. The molecule has 0 spiro atoms. The Morgan fingerprint density at radius 1 is 0.362 bits per heavy atom. The van der Waals surface area contributed by atoms with Crippen molar-refractivity contribution in [1.29, 1.82) is 0 Å². The predicted molar refractivity (Wildman–Crippen MR) is 202 cm³/mol. The van der Waals surface area contributed by atoms with Crippen molar-refractivity contribution in [3.05, 3.63) is 199 Å². The van der Waals surface area contributed by atoms with E-state index in [2.05, 4.69) is 0 Å². The lowest BCUT2D eigenvalue weighted by Crippen LogP contribution is -2.78. The van der Waals surface area contributed by atoms with E-state index in [0.717, 1.165) is 0 Å². The van der Waals surface area contributed by atoms with Crippen LogP contribution < -0.4 is 46.1 Å². The highest BCUT2D eigenvalue weighted by atomic mass is 28.3. The van der Waals surface area contributed by atoms with Gasteiger partial charge in [0.15, 0.2) is 16.1 Å². The summed E-state index contributed by atoms with van der Waals surface area (Å²) in [5.74, 6) is -1.54. The third-order valence-corrected chi connectivity index (χ3v) is 14.9. The summed E-state index contributed by atoms with van der Waals surface area (Å²) in [7, 11) is -14.0. The van der Waals surface area contributed by atoms with Crippen LogP contribution in [0.1, 0.15) is 45.2 Å². The SMILES string of the molecule is [2H]c1c([2H])c([2H])c([Si](c2c([2H])c([2H])c([2H])c([2H])c2[2H])(c2c([2H])c([2H])c([2H])c([2H])c2[2H])c2c([2H])c(O[B]O)c([2H])c([Si](c3c([2H])c([2H])c([2H])c([2H])c3[2H])(c3c([2H])c([2H])c([2H])c([2H])c3[2H])c3c([2H])c([2H])c([2H])c([2H])c3[2H])c2[2H])c([2H])c1[2H]. The van der Waals surface area contributed by atoms with Crippen LogP contribution in [0.2, 0.25) is 0 Å². The molecule has 0 saturated carbocycles. The van der Waals surface area contributed by atoms with Gasteiger partial charge in [-0.2, -0.15) is 0 Å². The van der Waals surface area contributed by atoms with Crippen LogP contribution in [0.15, 0.2) is 199 Å². The Morgan fingerprint density at radius 3 is 0.809 bits per heavy atom. The monoisotopic (exact) mass is 670 g/mol. The third kappa shape index (κ3) is 5.49. The number of rotatable bonds is 10. The highest BCUT2D eigenvalue weighted by Gasteiger charge is 2.46. The zero-order valence-electron chi connectivity index (χ0n) is 56.4. The van der Waals surface area contributed by atoms with Crippen LogP contribution in [0.4, 0.5) is 0 Å². The fourth-order valence-electron chi connectivity index (χ4n) is 5.06. The van der Waals surface area contributed by atoms with Crippen molar-refractivity contribution in [2.75, 3.05) is 0 Å². The van der Waals surface area contributed by atoms with Crippen LogP contribution in [0.3, 0.4) is 0 Å². The van der Waals surface area contributed by atoms with E-state index in [1.54, 1.807) is 0 Å². The Bertz CT molecular complexity index is 3180. The quantitative estimate of drug-likeness (QED) is 0.179. The van der Waals surface area contributed by atoms with Gasteiger partial charge in [0.25, 0.3) is 0 Å². The molecule has 7 aromatic rings. The van der Waals surface area contributed by atoms with Crippen molar-refractivity contribution in [3.63, 3.8) is 0 Å². The molecule has 47 heavy (non-hydrogen) atoms. The summed E-state index contributed by atoms with van der Waals surface area (Å²) in [6.45, 7) is 0.